The second-order valence-corrected chi connectivity index (χ2v) is 3.86. The predicted octanol–water partition coefficient (Wildman–Crippen LogP) is 1.55. The van der Waals surface area contributed by atoms with Gasteiger partial charge in [-0.05, 0) is 30.4 Å². The zero-order chi connectivity index (χ0) is 12.1. The number of hydrogen-bond donors (Lipinski definition) is 3. The molecule has 0 saturated heterocycles. The molecule has 5 heteroatoms. The van der Waals surface area contributed by atoms with Crippen LogP contribution in [0.25, 0.3) is 0 Å². The van der Waals surface area contributed by atoms with Gasteiger partial charge >= 0.3 is 0 Å². The minimum absolute atomic E-state index is 0.0358. The average Bonchev–Trinajstić information content (AvgIpc) is 2.29. The van der Waals surface area contributed by atoms with E-state index in [0.717, 1.165) is 0 Å². The summed E-state index contributed by atoms with van der Waals surface area (Å²) in [6.45, 7) is 0. The number of aliphatic hydroxyl groups is 2. The van der Waals surface area contributed by atoms with Crippen LogP contribution in [-0.4, -0.2) is 29.2 Å². The smallest absolute Gasteiger partial charge is 0.129 e. The highest BCUT2D eigenvalue weighted by molar-refractivity contribution is 7.80. The van der Waals surface area contributed by atoms with Gasteiger partial charge in [-0.25, -0.2) is 4.39 Å². The molecule has 1 aromatic carbocycles. The number of aliphatic hydroxyl groups excluding tert-OH is 2. The largest absolute Gasteiger partial charge is 0.497 e. The van der Waals surface area contributed by atoms with E-state index in [9.17, 15) is 14.6 Å². The molecule has 0 heterocycles. The lowest BCUT2D eigenvalue weighted by molar-refractivity contribution is 0.0150. The highest BCUT2D eigenvalue weighted by Crippen LogP contribution is 2.25. The van der Waals surface area contributed by atoms with Gasteiger partial charge in [-0.1, -0.05) is 0 Å². The zero-order valence-corrected chi connectivity index (χ0v) is 9.82. The lowest BCUT2D eigenvalue weighted by Gasteiger charge is -2.18. The SMILES string of the molecule is COc1ccc(F)c(C(O)C(O)CCS)c1. The summed E-state index contributed by atoms with van der Waals surface area (Å²) in [5.74, 6) is 0.295. The predicted molar refractivity (Wildman–Crippen MR) is 62.4 cm³/mol. The molecule has 0 spiro atoms. The monoisotopic (exact) mass is 246 g/mol. The quantitative estimate of drug-likeness (QED) is 0.691. The van der Waals surface area contributed by atoms with Crippen LogP contribution < -0.4 is 4.74 Å². The van der Waals surface area contributed by atoms with Crippen molar-refractivity contribution in [1.82, 2.24) is 0 Å². The first kappa shape index (κ1) is 13.3. The molecule has 0 fully saturated rings. The van der Waals surface area contributed by atoms with E-state index >= 15 is 0 Å². The summed E-state index contributed by atoms with van der Waals surface area (Å²) >= 11 is 3.94. The Kier molecular flexibility index (Phi) is 5.05. The number of ether oxygens (including phenoxy) is 1. The van der Waals surface area contributed by atoms with E-state index in [1.54, 1.807) is 0 Å². The maximum Gasteiger partial charge on any atom is 0.129 e. The van der Waals surface area contributed by atoms with E-state index in [0.29, 0.717) is 17.9 Å². The number of thiol groups is 1. The molecule has 0 amide bonds. The second-order valence-electron chi connectivity index (χ2n) is 3.41. The molecule has 0 aliphatic heterocycles. The van der Waals surface area contributed by atoms with Crippen molar-refractivity contribution in [3.63, 3.8) is 0 Å². The summed E-state index contributed by atoms with van der Waals surface area (Å²) in [6.07, 6.45) is -2.00. The molecule has 16 heavy (non-hydrogen) atoms. The molecule has 0 aromatic heterocycles. The fourth-order valence-corrected chi connectivity index (χ4v) is 1.64. The minimum Gasteiger partial charge on any atom is -0.497 e. The van der Waals surface area contributed by atoms with Crippen LogP contribution >= 0.6 is 12.6 Å². The van der Waals surface area contributed by atoms with Crippen LogP contribution in [0.5, 0.6) is 5.75 Å². The van der Waals surface area contributed by atoms with Gasteiger partial charge in [-0.15, -0.1) is 0 Å². The Labute approximate surface area is 99.3 Å². The summed E-state index contributed by atoms with van der Waals surface area (Å²) in [5, 5.41) is 19.3. The highest BCUT2D eigenvalue weighted by Gasteiger charge is 2.21. The standard InChI is InChI=1S/C11H15FO3S/c1-15-7-2-3-9(12)8(6-7)11(14)10(13)4-5-16/h2-3,6,10-11,13-14,16H,4-5H2,1H3. The molecular weight excluding hydrogens is 231 g/mol. The Bertz CT molecular complexity index is 346. The van der Waals surface area contributed by atoms with Gasteiger partial charge in [-0.2, -0.15) is 12.6 Å². The van der Waals surface area contributed by atoms with Gasteiger partial charge in [0.1, 0.15) is 17.7 Å². The zero-order valence-electron chi connectivity index (χ0n) is 8.93. The van der Waals surface area contributed by atoms with Gasteiger partial charge < -0.3 is 14.9 Å². The Morgan fingerprint density at radius 3 is 2.69 bits per heavy atom. The summed E-state index contributed by atoms with van der Waals surface area (Å²) < 4.78 is 18.3. The maximum atomic E-state index is 13.4. The molecule has 1 rings (SSSR count). The molecule has 90 valence electrons. The summed E-state index contributed by atoms with van der Waals surface area (Å²) in [4.78, 5) is 0. The molecule has 0 saturated carbocycles. The molecule has 0 aliphatic carbocycles. The maximum absolute atomic E-state index is 13.4. The van der Waals surface area contributed by atoms with Crippen molar-refractivity contribution in [2.75, 3.05) is 12.9 Å². The lowest BCUT2D eigenvalue weighted by Crippen LogP contribution is -2.19. The van der Waals surface area contributed by atoms with Crippen LogP contribution in [0.15, 0.2) is 18.2 Å². The van der Waals surface area contributed by atoms with Gasteiger partial charge in [0.25, 0.3) is 0 Å². The van der Waals surface area contributed by atoms with E-state index in [4.69, 9.17) is 4.74 Å². The van der Waals surface area contributed by atoms with Gasteiger partial charge in [0, 0.05) is 5.56 Å². The number of hydrogen-bond acceptors (Lipinski definition) is 4. The van der Waals surface area contributed by atoms with Crippen LogP contribution in [0, 0.1) is 5.82 Å². The fourth-order valence-electron chi connectivity index (χ4n) is 1.37. The van der Waals surface area contributed by atoms with Crippen molar-refractivity contribution in [2.24, 2.45) is 0 Å². The Balaban J connectivity index is 2.92. The molecule has 2 N–H and O–H groups in total. The minimum atomic E-state index is -1.26. The topological polar surface area (TPSA) is 49.7 Å². The normalized spacial score (nSPS) is 14.6. The van der Waals surface area contributed by atoms with Gasteiger partial charge in [0.15, 0.2) is 0 Å². The first-order chi connectivity index (χ1) is 7.60. The fraction of sp³-hybridized carbons (Fsp3) is 0.455. The lowest BCUT2D eigenvalue weighted by atomic mass is 10.0. The van der Waals surface area contributed by atoms with Crippen molar-refractivity contribution >= 4 is 12.6 Å². The van der Waals surface area contributed by atoms with E-state index in [-0.39, 0.29) is 5.56 Å². The highest BCUT2D eigenvalue weighted by atomic mass is 32.1. The van der Waals surface area contributed by atoms with Crippen molar-refractivity contribution in [1.29, 1.82) is 0 Å². The summed E-state index contributed by atoms with van der Waals surface area (Å²) in [5.41, 5.74) is 0.0358. The van der Waals surface area contributed by atoms with Crippen LogP contribution in [0.1, 0.15) is 18.1 Å². The summed E-state index contributed by atoms with van der Waals surface area (Å²) in [7, 11) is 1.45. The average molecular weight is 246 g/mol. The third kappa shape index (κ3) is 3.10. The third-order valence-electron chi connectivity index (χ3n) is 2.31. The molecule has 1 aromatic rings. The van der Waals surface area contributed by atoms with Crippen LogP contribution in [0.3, 0.4) is 0 Å². The van der Waals surface area contributed by atoms with Crippen molar-refractivity contribution in [3.05, 3.63) is 29.6 Å². The van der Waals surface area contributed by atoms with E-state index in [1.165, 1.54) is 25.3 Å². The van der Waals surface area contributed by atoms with Crippen molar-refractivity contribution in [3.8, 4) is 5.75 Å². The number of benzene rings is 1. The van der Waals surface area contributed by atoms with Gasteiger partial charge in [-0.3, -0.25) is 0 Å². The second kappa shape index (κ2) is 6.08. The Morgan fingerprint density at radius 1 is 1.44 bits per heavy atom. The van der Waals surface area contributed by atoms with Crippen molar-refractivity contribution < 1.29 is 19.3 Å². The van der Waals surface area contributed by atoms with E-state index in [1.807, 2.05) is 0 Å². The molecule has 0 aliphatic rings. The molecule has 2 unspecified atom stereocenters. The first-order valence-corrected chi connectivity index (χ1v) is 5.53. The number of rotatable bonds is 5. The molecule has 3 nitrogen and oxygen atoms in total. The van der Waals surface area contributed by atoms with Crippen LogP contribution in [0.2, 0.25) is 0 Å². The van der Waals surface area contributed by atoms with Gasteiger partial charge in [0.2, 0.25) is 0 Å². The van der Waals surface area contributed by atoms with Gasteiger partial charge in [0.05, 0.1) is 13.2 Å². The summed E-state index contributed by atoms with van der Waals surface area (Å²) in [6, 6.07) is 4.03. The molecule has 2 atom stereocenters. The Hall–Kier alpha value is -0.780. The van der Waals surface area contributed by atoms with Crippen molar-refractivity contribution in [2.45, 2.75) is 18.6 Å². The number of halogens is 1. The van der Waals surface area contributed by atoms with Crippen LogP contribution in [-0.2, 0) is 0 Å². The molecular formula is C11H15FO3S. The first-order valence-electron chi connectivity index (χ1n) is 4.90. The molecule has 0 bridgehead atoms. The third-order valence-corrected chi connectivity index (χ3v) is 2.57. The van der Waals surface area contributed by atoms with Crippen LogP contribution in [0.4, 0.5) is 4.39 Å². The van der Waals surface area contributed by atoms with E-state index in [2.05, 4.69) is 12.6 Å². The molecule has 0 radical (unpaired) electrons. The Morgan fingerprint density at radius 2 is 2.12 bits per heavy atom. The number of methoxy groups -OCH3 is 1. The van der Waals surface area contributed by atoms with E-state index < -0.39 is 18.0 Å².